The van der Waals surface area contributed by atoms with Crippen molar-refractivity contribution in [1.82, 2.24) is 9.97 Å². The van der Waals surface area contributed by atoms with Gasteiger partial charge >= 0.3 is 0 Å². The van der Waals surface area contributed by atoms with E-state index in [-0.39, 0.29) is 6.04 Å². The van der Waals surface area contributed by atoms with Gasteiger partial charge in [0.05, 0.1) is 0 Å². The highest BCUT2D eigenvalue weighted by Crippen LogP contribution is 2.29. The normalized spacial score (nSPS) is 12.4. The maximum atomic E-state index is 6.14. The Hall–Kier alpha value is -1.45. The molecule has 16 heavy (non-hydrogen) atoms. The first-order chi connectivity index (χ1) is 7.68. The molecule has 0 spiro atoms. The van der Waals surface area contributed by atoms with Crippen molar-refractivity contribution in [3.05, 3.63) is 47.5 Å². The smallest absolute Gasteiger partial charge is 0.115 e. The lowest BCUT2D eigenvalue weighted by molar-refractivity contribution is 0.818. The topological polar surface area (TPSA) is 51.8 Å². The summed E-state index contributed by atoms with van der Waals surface area (Å²) in [4.78, 5) is 7.95. The molecule has 2 N–H and O–H groups in total. The molecule has 4 heteroatoms. The molecule has 1 aromatic carbocycles. The Morgan fingerprint density at radius 1 is 1.25 bits per heavy atom. The van der Waals surface area contributed by atoms with Gasteiger partial charge in [-0.25, -0.2) is 9.97 Å². The Morgan fingerprint density at radius 3 is 2.56 bits per heavy atom. The average Bonchev–Trinajstić information content (AvgIpc) is 2.30. The highest BCUT2D eigenvalue weighted by Gasteiger charge is 2.07. The van der Waals surface area contributed by atoms with Crippen LogP contribution in [-0.4, -0.2) is 9.97 Å². The third-order valence-electron chi connectivity index (χ3n) is 2.39. The summed E-state index contributed by atoms with van der Waals surface area (Å²) in [6, 6.07) is 5.75. The first-order valence-electron chi connectivity index (χ1n) is 4.99. The lowest BCUT2D eigenvalue weighted by Crippen LogP contribution is -2.04. The monoisotopic (exact) mass is 233 g/mol. The van der Waals surface area contributed by atoms with E-state index in [0.717, 1.165) is 16.7 Å². The highest BCUT2D eigenvalue weighted by atomic mass is 35.5. The molecule has 2 aromatic rings. The maximum Gasteiger partial charge on any atom is 0.115 e. The Labute approximate surface area is 99.3 Å². The van der Waals surface area contributed by atoms with Gasteiger partial charge < -0.3 is 5.73 Å². The van der Waals surface area contributed by atoms with Crippen molar-refractivity contribution in [3.8, 4) is 11.1 Å². The van der Waals surface area contributed by atoms with Crippen molar-refractivity contribution in [3.63, 3.8) is 0 Å². The van der Waals surface area contributed by atoms with Crippen molar-refractivity contribution < 1.29 is 0 Å². The molecule has 1 unspecified atom stereocenters. The van der Waals surface area contributed by atoms with E-state index in [1.165, 1.54) is 6.33 Å². The minimum Gasteiger partial charge on any atom is -0.324 e. The van der Waals surface area contributed by atoms with Gasteiger partial charge in [-0.3, -0.25) is 0 Å². The zero-order chi connectivity index (χ0) is 11.5. The lowest BCUT2D eigenvalue weighted by atomic mass is 10.0. The molecule has 0 bridgehead atoms. The predicted molar refractivity (Wildman–Crippen MR) is 65.1 cm³/mol. The maximum absolute atomic E-state index is 6.14. The first-order valence-corrected chi connectivity index (χ1v) is 5.36. The molecule has 0 aliphatic rings. The Balaban J connectivity index is 2.52. The summed E-state index contributed by atoms with van der Waals surface area (Å²) in [7, 11) is 0. The molecule has 0 saturated heterocycles. The van der Waals surface area contributed by atoms with Crippen LogP contribution in [0.4, 0.5) is 0 Å². The van der Waals surface area contributed by atoms with Crippen molar-refractivity contribution >= 4 is 11.6 Å². The minimum absolute atomic E-state index is 0.0133. The molecule has 1 aromatic heterocycles. The van der Waals surface area contributed by atoms with Crippen LogP contribution in [0.1, 0.15) is 18.5 Å². The summed E-state index contributed by atoms with van der Waals surface area (Å²) in [5.74, 6) is 0. The number of hydrogen-bond acceptors (Lipinski definition) is 3. The summed E-state index contributed by atoms with van der Waals surface area (Å²) in [5, 5.41) is 0.680. The van der Waals surface area contributed by atoms with Gasteiger partial charge in [0.15, 0.2) is 0 Å². The zero-order valence-corrected chi connectivity index (χ0v) is 9.65. The van der Waals surface area contributed by atoms with Crippen LogP contribution < -0.4 is 5.73 Å². The molecule has 0 radical (unpaired) electrons. The Morgan fingerprint density at radius 2 is 1.94 bits per heavy atom. The van der Waals surface area contributed by atoms with E-state index in [2.05, 4.69) is 9.97 Å². The van der Waals surface area contributed by atoms with Crippen molar-refractivity contribution in [1.29, 1.82) is 0 Å². The molecule has 0 aliphatic heterocycles. The number of rotatable bonds is 2. The molecule has 1 heterocycles. The van der Waals surface area contributed by atoms with Crippen LogP contribution in [0.3, 0.4) is 0 Å². The molecule has 2 rings (SSSR count). The summed E-state index contributed by atoms with van der Waals surface area (Å²) in [5.41, 5.74) is 8.69. The van der Waals surface area contributed by atoms with Crippen molar-refractivity contribution in [2.45, 2.75) is 13.0 Å². The molecule has 1 atom stereocenters. The number of hydrogen-bond donors (Lipinski definition) is 1. The van der Waals surface area contributed by atoms with E-state index < -0.39 is 0 Å². The van der Waals surface area contributed by atoms with Crippen LogP contribution in [-0.2, 0) is 0 Å². The van der Waals surface area contributed by atoms with E-state index in [1.807, 2.05) is 25.1 Å². The zero-order valence-electron chi connectivity index (χ0n) is 8.89. The first kappa shape index (κ1) is 11.0. The van der Waals surface area contributed by atoms with E-state index in [4.69, 9.17) is 17.3 Å². The second kappa shape index (κ2) is 4.60. The van der Waals surface area contributed by atoms with Crippen LogP contribution >= 0.6 is 11.6 Å². The third-order valence-corrected chi connectivity index (χ3v) is 2.72. The molecular weight excluding hydrogens is 222 g/mol. The molecule has 0 fully saturated rings. The Kier molecular flexibility index (Phi) is 3.17. The average molecular weight is 234 g/mol. The second-order valence-corrected chi connectivity index (χ2v) is 4.06. The van der Waals surface area contributed by atoms with Gasteiger partial charge in [0.1, 0.15) is 6.33 Å². The number of aromatic nitrogens is 2. The predicted octanol–water partition coefficient (Wildman–Crippen LogP) is 2.82. The number of nitrogens with zero attached hydrogens (tertiary/aromatic N) is 2. The molecule has 3 nitrogen and oxygen atoms in total. The van der Waals surface area contributed by atoms with Crippen LogP contribution in [0.2, 0.25) is 5.02 Å². The fraction of sp³-hybridized carbons (Fsp3) is 0.167. The number of benzene rings is 1. The van der Waals surface area contributed by atoms with Crippen LogP contribution in [0.5, 0.6) is 0 Å². The fourth-order valence-electron chi connectivity index (χ4n) is 1.49. The van der Waals surface area contributed by atoms with E-state index in [1.54, 1.807) is 12.4 Å². The molecule has 82 valence electrons. The van der Waals surface area contributed by atoms with Gasteiger partial charge in [-0.1, -0.05) is 17.7 Å². The summed E-state index contributed by atoms with van der Waals surface area (Å²) in [6.07, 6.45) is 4.96. The van der Waals surface area contributed by atoms with Crippen LogP contribution in [0.15, 0.2) is 36.9 Å². The molecule has 0 saturated carbocycles. The standard InChI is InChI=1S/C12H12ClN3/c1-8(14)9-2-3-12(13)11(4-9)10-5-15-7-16-6-10/h2-8H,14H2,1H3. The molecule has 0 aliphatic carbocycles. The Bertz CT molecular complexity index is 483. The van der Waals surface area contributed by atoms with Gasteiger partial charge in [0.2, 0.25) is 0 Å². The van der Waals surface area contributed by atoms with E-state index in [0.29, 0.717) is 5.02 Å². The van der Waals surface area contributed by atoms with Crippen molar-refractivity contribution in [2.75, 3.05) is 0 Å². The van der Waals surface area contributed by atoms with E-state index >= 15 is 0 Å². The summed E-state index contributed by atoms with van der Waals surface area (Å²) < 4.78 is 0. The van der Waals surface area contributed by atoms with Gasteiger partial charge in [-0.15, -0.1) is 0 Å². The van der Waals surface area contributed by atoms with Crippen molar-refractivity contribution in [2.24, 2.45) is 5.73 Å². The fourth-order valence-corrected chi connectivity index (χ4v) is 1.71. The highest BCUT2D eigenvalue weighted by molar-refractivity contribution is 6.33. The van der Waals surface area contributed by atoms with Gasteiger partial charge in [0, 0.05) is 34.6 Å². The van der Waals surface area contributed by atoms with Crippen LogP contribution in [0, 0.1) is 0 Å². The summed E-state index contributed by atoms with van der Waals surface area (Å²) in [6.45, 7) is 1.94. The number of nitrogens with two attached hydrogens (primary N) is 1. The third kappa shape index (κ3) is 2.21. The number of halogens is 1. The second-order valence-electron chi connectivity index (χ2n) is 3.66. The minimum atomic E-state index is -0.0133. The molecule has 0 amide bonds. The van der Waals surface area contributed by atoms with Gasteiger partial charge in [-0.2, -0.15) is 0 Å². The van der Waals surface area contributed by atoms with E-state index in [9.17, 15) is 0 Å². The molecular formula is C12H12ClN3. The van der Waals surface area contributed by atoms with Gasteiger partial charge in [-0.05, 0) is 24.6 Å². The SMILES string of the molecule is CC(N)c1ccc(Cl)c(-c2cncnc2)c1. The lowest BCUT2D eigenvalue weighted by Gasteiger charge is -2.09. The largest absolute Gasteiger partial charge is 0.324 e. The summed E-state index contributed by atoms with van der Waals surface area (Å²) >= 11 is 6.14. The van der Waals surface area contributed by atoms with Gasteiger partial charge in [0.25, 0.3) is 0 Å². The quantitative estimate of drug-likeness (QED) is 0.868. The van der Waals surface area contributed by atoms with Crippen LogP contribution in [0.25, 0.3) is 11.1 Å².